The number of nitrogens with one attached hydrogen (secondary N) is 1. The van der Waals surface area contributed by atoms with Crippen molar-refractivity contribution in [2.75, 3.05) is 7.11 Å². The molecule has 0 radical (unpaired) electrons. The molecule has 0 heterocycles. The first-order valence-electron chi connectivity index (χ1n) is 8.30. The molecule has 2 rings (SSSR count). The van der Waals surface area contributed by atoms with Crippen molar-refractivity contribution in [2.24, 2.45) is 0 Å². The monoisotopic (exact) mass is 305 g/mol. The van der Waals surface area contributed by atoms with Crippen molar-refractivity contribution in [3.63, 3.8) is 0 Å². The summed E-state index contributed by atoms with van der Waals surface area (Å²) < 4.78 is 11.0. The van der Waals surface area contributed by atoms with Crippen molar-refractivity contribution in [3.05, 3.63) is 24.3 Å². The van der Waals surface area contributed by atoms with Crippen LogP contribution >= 0.6 is 0 Å². The van der Waals surface area contributed by atoms with Gasteiger partial charge in [-0.15, -0.1) is 0 Å². The maximum atomic E-state index is 12.3. The van der Waals surface area contributed by atoms with Crippen LogP contribution in [0.1, 0.15) is 51.9 Å². The summed E-state index contributed by atoms with van der Waals surface area (Å²) in [5.41, 5.74) is 0. The van der Waals surface area contributed by atoms with E-state index in [4.69, 9.17) is 9.47 Å². The standard InChI is InChI=1S/C18H27NO3/c1-14(22-17-13-9-8-12-16(17)21-2)18(20)19-15-10-6-4-3-5-7-11-15/h8-9,12-15H,3-7,10-11H2,1-2H3,(H,19,20)/t14-/m1/s1. The fourth-order valence-corrected chi connectivity index (χ4v) is 2.88. The van der Waals surface area contributed by atoms with Gasteiger partial charge in [-0.1, -0.05) is 44.2 Å². The number of hydrogen-bond donors (Lipinski definition) is 1. The van der Waals surface area contributed by atoms with Crippen LogP contribution in [0.4, 0.5) is 0 Å². The summed E-state index contributed by atoms with van der Waals surface area (Å²) in [6, 6.07) is 7.69. The fraction of sp³-hybridized carbons (Fsp3) is 0.611. The first kappa shape index (κ1) is 16.7. The average Bonchev–Trinajstić information content (AvgIpc) is 2.50. The Morgan fingerprint density at radius 3 is 2.32 bits per heavy atom. The Hall–Kier alpha value is -1.71. The van der Waals surface area contributed by atoms with Gasteiger partial charge in [0.15, 0.2) is 17.6 Å². The minimum absolute atomic E-state index is 0.0449. The summed E-state index contributed by atoms with van der Waals surface area (Å²) in [6.45, 7) is 1.78. The van der Waals surface area contributed by atoms with E-state index < -0.39 is 6.10 Å². The normalized spacial score (nSPS) is 17.9. The summed E-state index contributed by atoms with van der Waals surface area (Å²) in [6.07, 6.45) is 7.91. The molecule has 0 unspecified atom stereocenters. The molecule has 0 spiro atoms. The third-order valence-electron chi connectivity index (χ3n) is 4.19. The molecule has 0 aromatic heterocycles. The summed E-state index contributed by atoms with van der Waals surface area (Å²) in [7, 11) is 1.60. The molecule has 1 aliphatic carbocycles. The van der Waals surface area contributed by atoms with Crippen LogP contribution in [0.25, 0.3) is 0 Å². The van der Waals surface area contributed by atoms with Gasteiger partial charge in [-0.25, -0.2) is 0 Å². The highest BCUT2D eigenvalue weighted by molar-refractivity contribution is 5.81. The highest BCUT2D eigenvalue weighted by Gasteiger charge is 2.20. The molecule has 1 aromatic carbocycles. The Morgan fingerprint density at radius 1 is 1.09 bits per heavy atom. The van der Waals surface area contributed by atoms with Crippen molar-refractivity contribution in [2.45, 2.75) is 64.0 Å². The Balaban J connectivity index is 1.88. The molecule has 0 saturated heterocycles. The molecular weight excluding hydrogens is 278 g/mol. The van der Waals surface area contributed by atoms with E-state index in [-0.39, 0.29) is 11.9 Å². The zero-order valence-electron chi connectivity index (χ0n) is 13.6. The molecule has 1 saturated carbocycles. The van der Waals surface area contributed by atoms with Gasteiger partial charge in [0, 0.05) is 6.04 Å². The van der Waals surface area contributed by atoms with Crippen LogP contribution in [-0.4, -0.2) is 25.2 Å². The summed E-state index contributed by atoms with van der Waals surface area (Å²) in [5.74, 6) is 1.20. The predicted molar refractivity (Wildman–Crippen MR) is 87.3 cm³/mol. The lowest BCUT2D eigenvalue weighted by atomic mass is 9.96. The van der Waals surface area contributed by atoms with E-state index in [9.17, 15) is 4.79 Å². The second-order valence-electron chi connectivity index (χ2n) is 5.96. The molecule has 0 bridgehead atoms. The number of hydrogen-bond acceptors (Lipinski definition) is 3. The molecule has 0 aliphatic heterocycles. The van der Waals surface area contributed by atoms with E-state index >= 15 is 0 Å². The fourth-order valence-electron chi connectivity index (χ4n) is 2.88. The number of carbonyl (C=O) groups is 1. The van der Waals surface area contributed by atoms with Gasteiger partial charge in [0.25, 0.3) is 5.91 Å². The molecular formula is C18H27NO3. The Morgan fingerprint density at radius 2 is 1.68 bits per heavy atom. The minimum Gasteiger partial charge on any atom is -0.493 e. The molecule has 4 nitrogen and oxygen atoms in total. The largest absolute Gasteiger partial charge is 0.493 e. The van der Waals surface area contributed by atoms with Gasteiger partial charge in [-0.05, 0) is 31.9 Å². The van der Waals surface area contributed by atoms with E-state index in [1.54, 1.807) is 14.0 Å². The lowest BCUT2D eigenvalue weighted by molar-refractivity contribution is -0.128. The predicted octanol–water partition coefficient (Wildman–Crippen LogP) is 3.69. The number of ether oxygens (including phenoxy) is 2. The Labute approximate surface area is 133 Å². The maximum absolute atomic E-state index is 12.3. The summed E-state index contributed by atoms with van der Waals surface area (Å²) in [5, 5.41) is 3.14. The van der Waals surface area contributed by atoms with Crippen molar-refractivity contribution < 1.29 is 14.3 Å². The minimum atomic E-state index is -0.526. The second-order valence-corrected chi connectivity index (χ2v) is 5.96. The first-order valence-corrected chi connectivity index (χ1v) is 8.30. The molecule has 4 heteroatoms. The van der Waals surface area contributed by atoms with Crippen LogP contribution in [0.15, 0.2) is 24.3 Å². The van der Waals surface area contributed by atoms with Crippen molar-refractivity contribution in [1.82, 2.24) is 5.32 Å². The molecule has 1 amide bonds. The third kappa shape index (κ3) is 4.93. The molecule has 22 heavy (non-hydrogen) atoms. The molecule has 1 N–H and O–H groups in total. The van der Waals surface area contributed by atoms with E-state index in [1.807, 2.05) is 24.3 Å². The zero-order chi connectivity index (χ0) is 15.8. The second kappa shape index (κ2) is 8.66. The van der Waals surface area contributed by atoms with E-state index in [0.717, 1.165) is 12.8 Å². The van der Waals surface area contributed by atoms with Gasteiger partial charge in [-0.2, -0.15) is 0 Å². The number of rotatable bonds is 5. The topological polar surface area (TPSA) is 47.6 Å². The number of para-hydroxylation sites is 2. The lowest BCUT2D eigenvalue weighted by Gasteiger charge is -2.23. The zero-order valence-corrected chi connectivity index (χ0v) is 13.6. The number of methoxy groups -OCH3 is 1. The van der Waals surface area contributed by atoms with Crippen LogP contribution in [0.5, 0.6) is 11.5 Å². The number of amides is 1. The smallest absolute Gasteiger partial charge is 0.260 e. The van der Waals surface area contributed by atoms with Crippen LogP contribution < -0.4 is 14.8 Å². The van der Waals surface area contributed by atoms with Crippen LogP contribution in [0, 0.1) is 0 Å². The van der Waals surface area contributed by atoms with Gasteiger partial charge < -0.3 is 14.8 Å². The first-order chi connectivity index (χ1) is 10.7. The highest BCUT2D eigenvalue weighted by Crippen LogP contribution is 2.27. The van der Waals surface area contributed by atoms with Crippen molar-refractivity contribution in [3.8, 4) is 11.5 Å². The van der Waals surface area contributed by atoms with Gasteiger partial charge >= 0.3 is 0 Å². The quantitative estimate of drug-likeness (QED) is 0.902. The molecule has 1 atom stereocenters. The Kier molecular flexibility index (Phi) is 6.56. The van der Waals surface area contributed by atoms with Crippen LogP contribution in [0.2, 0.25) is 0 Å². The van der Waals surface area contributed by atoms with Crippen molar-refractivity contribution >= 4 is 5.91 Å². The summed E-state index contributed by atoms with van der Waals surface area (Å²) in [4.78, 5) is 12.3. The molecule has 122 valence electrons. The average molecular weight is 305 g/mol. The highest BCUT2D eigenvalue weighted by atomic mass is 16.5. The maximum Gasteiger partial charge on any atom is 0.260 e. The number of benzene rings is 1. The number of carbonyl (C=O) groups excluding carboxylic acids is 1. The van der Waals surface area contributed by atoms with Gasteiger partial charge in [0.1, 0.15) is 0 Å². The van der Waals surface area contributed by atoms with Crippen molar-refractivity contribution in [1.29, 1.82) is 0 Å². The van der Waals surface area contributed by atoms with E-state index in [0.29, 0.717) is 11.5 Å². The van der Waals surface area contributed by atoms with Crippen LogP contribution in [-0.2, 0) is 4.79 Å². The molecule has 1 aliphatic rings. The SMILES string of the molecule is COc1ccccc1O[C@H](C)C(=O)NC1CCCCCCC1. The molecule has 1 aromatic rings. The third-order valence-corrected chi connectivity index (χ3v) is 4.19. The van der Waals surface area contributed by atoms with Crippen LogP contribution in [0.3, 0.4) is 0 Å². The van der Waals surface area contributed by atoms with E-state index in [2.05, 4.69) is 5.32 Å². The van der Waals surface area contributed by atoms with Gasteiger partial charge in [0.2, 0.25) is 0 Å². The van der Waals surface area contributed by atoms with E-state index in [1.165, 1.54) is 32.1 Å². The summed E-state index contributed by atoms with van der Waals surface area (Å²) >= 11 is 0. The van der Waals surface area contributed by atoms with Gasteiger partial charge in [0.05, 0.1) is 7.11 Å². The van der Waals surface area contributed by atoms with Gasteiger partial charge in [-0.3, -0.25) is 4.79 Å². The molecule has 1 fully saturated rings. The lowest BCUT2D eigenvalue weighted by Crippen LogP contribution is -2.42. The Bertz CT molecular complexity index is 467.